The maximum Gasteiger partial charge on any atom is 0.497 e. The summed E-state index contributed by atoms with van der Waals surface area (Å²) < 4.78 is 141. The number of hydrogen-bond acceptors (Lipinski definition) is 6. The van der Waals surface area contributed by atoms with Crippen LogP contribution in [0.15, 0.2) is 48.5 Å². The number of hydrogen-bond donors (Lipinski definition) is 4. The summed E-state index contributed by atoms with van der Waals surface area (Å²) in [5.41, 5.74) is -9.79. The van der Waals surface area contributed by atoms with E-state index in [2.05, 4.69) is 10.6 Å². The van der Waals surface area contributed by atoms with E-state index in [9.17, 15) is 58.2 Å². The van der Waals surface area contributed by atoms with Crippen molar-refractivity contribution >= 4 is 73.5 Å². The van der Waals surface area contributed by atoms with Gasteiger partial charge in [0.1, 0.15) is 27.9 Å². The summed E-state index contributed by atoms with van der Waals surface area (Å²) in [7, 11) is -5.65. The van der Waals surface area contributed by atoms with Gasteiger partial charge in [-0.05, 0) is 48.0 Å². The number of carbonyl (C=O) groups excluding carboxylic acids is 2. The van der Waals surface area contributed by atoms with Crippen LogP contribution in [0.5, 0.6) is 0 Å². The van der Waals surface area contributed by atoms with Crippen molar-refractivity contribution < 1.29 is 62.6 Å². The number of benzene rings is 3. The molecule has 2 amide bonds. The van der Waals surface area contributed by atoms with Gasteiger partial charge in [0.15, 0.2) is 5.82 Å². The van der Waals surface area contributed by atoms with Crippen molar-refractivity contribution in [3.63, 3.8) is 0 Å². The van der Waals surface area contributed by atoms with Gasteiger partial charge >= 0.3 is 11.7 Å². The zero-order valence-electron chi connectivity index (χ0n) is 23.8. The Bertz CT molecular complexity index is 1910. The van der Waals surface area contributed by atoms with Gasteiger partial charge in [0.2, 0.25) is 15.7 Å². The number of anilines is 3. The highest BCUT2D eigenvalue weighted by molar-refractivity contribution is 7.92. The number of rotatable bonds is 10. The van der Waals surface area contributed by atoms with Gasteiger partial charge < -0.3 is 21.1 Å². The molecule has 0 spiro atoms. The van der Waals surface area contributed by atoms with E-state index in [1.807, 2.05) is 0 Å². The number of sulfone groups is 1. The lowest BCUT2D eigenvalue weighted by Crippen LogP contribution is -2.30. The second-order valence-corrected chi connectivity index (χ2v) is 14.5. The molecule has 1 saturated carbocycles. The average Bonchev–Trinajstić information content (AvgIpc) is 3.57. The van der Waals surface area contributed by atoms with Crippen molar-refractivity contribution in [3.05, 3.63) is 87.7 Å². The van der Waals surface area contributed by atoms with Crippen LogP contribution in [-0.4, -0.2) is 47.2 Å². The minimum Gasteiger partial charge on any atom is -0.374 e. The van der Waals surface area contributed by atoms with Crippen LogP contribution < -0.4 is 16.0 Å². The quantitative estimate of drug-likeness (QED) is 0.0954. The molecule has 4 N–H and O–H groups in total. The number of alkyl halides is 8. The molecule has 1 fully saturated rings. The second kappa shape index (κ2) is 13.7. The first-order valence-corrected chi connectivity index (χ1v) is 16.1. The highest BCUT2D eigenvalue weighted by Crippen LogP contribution is 2.65. The molecule has 0 saturated heterocycles. The molecule has 21 heteroatoms. The lowest BCUT2D eigenvalue weighted by Gasteiger charge is -2.18. The van der Waals surface area contributed by atoms with Crippen LogP contribution in [-0.2, 0) is 20.8 Å². The van der Waals surface area contributed by atoms with Crippen LogP contribution in [0.1, 0.15) is 33.8 Å². The summed E-state index contributed by atoms with van der Waals surface area (Å²) in [4.78, 5) is 26.0. The molecule has 49 heavy (non-hydrogen) atoms. The average molecular weight is 787 g/mol. The van der Waals surface area contributed by atoms with Gasteiger partial charge in [-0.25, -0.2) is 21.6 Å². The highest BCUT2D eigenvalue weighted by atomic mass is 35.5. The fourth-order valence-corrected chi connectivity index (χ4v) is 6.41. The van der Waals surface area contributed by atoms with E-state index in [0.717, 1.165) is 24.3 Å². The molecule has 266 valence electrons. The molecule has 4 rings (SSSR count). The van der Waals surface area contributed by atoms with Crippen LogP contribution in [0.3, 0.4) is 0 Å². The normalized spacial score (nSPS) is 18.1. The first kappa shape index (κ1) is 38.4. The predicted molar refractivity (Wildman–Crippen MR) is 161 cm³/mol. The monoisotopic (exact) mass is 785 g/mol. The molecule has 3 aromatic rings. The Labute approximate surface area is 285 Å². The molecule has 3 aromatic carbocycles. The van der Waals surface area contributed by atoms with E-state index in [1.54, 1.807) is 5.32 Å². The van der Waals surface area contributed by atoms with Gasteiger partial charge in [0, 0.05) is 18.0 Å². The zero-order valence-corrected chi connectivity index (χ0v) is 26.9. The Balaban J connectivity index is 1.48. The molecule has 0 radical (unpaired) electrons. The van der Waals surface area contributed by atoms with Gasteiger partial charge in [-0.15, -0.1) is 23.2 Å². The van der Waals surface area contributed by atoms with Crippen LogP contribution in [0.25, 0.3) is 0 Å². The van der Waals surface area contributed by atoms with Crippen LogP contribution >= 0.6 is 34.8 Å². The molecule has 0 aromatic heterocycles. The third-order valence-electron chi connectivity index (χ3n) is 7.13. The first-order chi connectivity index (χ1) is 22.5. The van der Waals surface area contributed by atoms with E-state index in [4.69, 9.17) is 34.8 Å². The van der Waals surface area contributed by atoms with E-state index >= 15 is 4.39 Å². The fourth-order valence-electron chi connectivity index (χ4n) is 4.61. The summed E-state index contributed by atoms with van der Waals surface area (Å²) in [6.45, 7) is 0. The lowest BCUT2D eigenvalue weighted by atomic mass is 10.0. The minimum absolute atomic E-state index is 0.122. The van der Waals surface area contributed by atoms with E-state index < -0.39 is 108 Å². The Kier molecular flexibility index (Phi) is 10.7. The predicted octanol–water partition coefficient (Wildman–Crippen LogP) is 7.61. The van der Waals surface area contributed by atoms with E-state index in [1.165, 1.54) is 6.07 Å². The van der Waals surface area contributed by atoms with Gasteiger partial charge in [-0.3, -0.25) is 9.59 Å². The number of amides is 2. The Hall–Kier alpha value is -3.45. The molecule has 1 aliphatic carbocycles. The molecule has 0 aliphatic heterocycles. The maximum absolute atomic E-state index is 15.1. The first-order valence-electron chi connectivity index (χ1n) is 13.3. The summed E-state index contributed by atoms with van der Waals surface area (Å²) in [5.74, 6) is -10.7. The molecular weight excluding hydrogens is 768 g/mol. The minimum atomic E-state index is -5.65. The topological polar surface area (TPSA) is 125 Å². The molecule has 8 nitrogen and oxygen atoms in total. The van der Waals surface area contributed by atoms with Crippen molar-refractivity contribution in [2.45, 2.75) is 34.6 Å². The van der Waals surface area contributed by atoms with Gasteiger partial charge in [-0.1, -0.05) is 17.7 Å². The third-order valence-corrected chi connectivity index (χ3v) is 9.88. The lowest BCUT2D eigenvalue weighted by molar-refractivity contribution is -0.140. The van der Waals surface area contributed by atoms with E-state index in [-0.39, 0.29) is 16.3 Å². The number of halogens is 12. The SMILES string of the molecule is O=C(Nc1ccc(F)c(NC(O)CCS(=O)(=O)C(F)(F)F)c1F)c1cc(NC(=O)[C@H]2[C@H](c3ccc(F)c(C(F)(F)F)c3)C2(Cl)Cl)ccc1Cl. The Morgan fingerprint density at radius 1 is 0.918 bits per heavy atom. The number of aliphatic hydroxyl groups is 1. The number of aliphatic hydroxyl groups excluding tert-OH is 1. The Morgan fingerprint density at radius 2 is 1.55 bits per heavy atom. The van der Waals surface area contributed by atoms with Crippen molar-refractivity contribution in [1.29, 1.82) is 0 Å². The molecule has 1 aliphatic rings. The molecular formula is C28H19Cl3F9N3O5S. The molecule has 3 atom stereocenters. The summed E-state index contributed by atoms with van der Waals surface area (Å²) in [6, 6.07) is 6.69. The standard InChI is InChI=1S/C28H19Cl3F9N3O5S/c29-15-3-2-12(41-25(46)21-20(26(21,30)31)11-1-4-16(32)14(9-11)27(35,36)37)10-13(15)24(45)42-18-6-5-17(33)23(22(18)34)43-19(44)7-8-49(47,48)28(38,39)40/h1-6,9-10,19-21,43-44H,7-8H2,(H,41,46)(H,42,45)/t19?,20-,21+/m0/s1. The van der Waals surface area contributed by atoms with E-state index in [0.29, 0.717) is 18.2 Å². The van der Waals surface area contributed by atoms with Gasteiger partial charge in [0.25, 0.3) is 5.91 Å². The van der Waals surface area contributed by atoms with Gasteiger partial charge in [0.05, 0.1) is 33.5 Å². The van der Waals surface area contributed by atoms with Gasteiger partial charge in [-0.2, -0.15) is 26.3 Å². The van der Waals surface area contributed by atoms with Crippen molar-refractivity contribution in [2.75, 3.05) is 21.7 Å². The molecule has 0 heterocycles. The van der Waals surface area contributed by atoms with Crippen molar-refractivity contribution in [2.24, 2.45) is 5.92 Å². The Morgan fingerprint density at radius 3 is 2.16 bits per heavy atom. The molecule has 0 bridgehead atoms. The van der Waals surface area contributed by atoms with Crippen LogP contribution in [0, 0.1) is 23.4 Å². The number of carbonyl (C=O) groups is 2. The second-order valence-electron chi connectivity index (χ2n) is 10.5. The highest BCUT2D eigenvalue weighted by Gasteiger charge is 2.67. The largest absolute Gasteiger partial charge is 0.497 e. The third kappa shape index (κ3) is 8.30. The molecule has 1 unspecified atom stereocenters. The van der Waals surface area contributed by atoms with Crippen molar-refractivity contribution in [1.82, 2.24) is 0 Å². The smallest absolute Gasteiger partial charge is 0.374 e. The van der Waals surface area contributed by atoms with Crippen molar-refractivity contribution in [3.8, 4) is 0 Å². The summed E-state index contributed by atoms with van der Waals surface area (Å²) in [5, 5.41) is 15.9. The van der Waals surface area contributed by atoms with Crippen LogP contribution in [0.4, 0.5) is 56.6 Å². The maximum atomic E-state index is 15.1. The zero-order chi connectivity index (χ0) is 36.9. The number of nitrogens with one attached hydrogen (secondary N) is 3. The summed E-state index contributed by atoms with van der Waals surface area (Å²) in [6.07, 6.45) is -8.35. The fraction of sp³-hybridized carbons (Fsp3) is 0.286. The van der Waals surface area contributed by atoms with Crippen LogP contribution in [0.2, 0.25) is 5.02 Å². The summed E-state index contributed by atoms with van der Waals surface area (Å²) >= 11 is 18.5.